The van der Waals surface area contributed by atoms with Gasteiger partial charge in [0.15, 0.2) is 5.78 Å². The topological polar surface area (TPSA) is 17.1 Å². The highest BCUT2D eigenvalue weighted by Crippen LogP contribution is 2.23. The molecule has 0 N–H and O–H groups in total. The monoisotopic (exact) mass is 168 g/mol. The second-order valence-electron chi connectivity index (χ2n) is 2.95. The molecule has 2 heteroatoms. The summed E-state index contributed by atoms with van der Waals surface area (Å²) in [4.78, 5) is 12.2. The van der Waals surface area contributed by atoms with Gasteiger partial charge in [0, 0.05) is 15.8 Å². The summed E-state index contributed by atoms with van der Waals surface area (Å²) in [6.45, 7) is 5.87. The molecule has 0 radical (unpaired) electrons. The molecule has 0 aliphatic rings. The van der Waals surface area contributed by atoms with Crippen molar-refractivity contribution in [2.24, 2.45) is 0 Å². The fourth-order valence-corrected chi connectivity index (χ4v) is 1.80. The van der Waals surface area contributed by atoms with Crippen molar-refractivity contribution in [2.75, 3.05) is 0 Å². The Kier molecular flexibility index (Phi) is 2.45. The van der Waals surface area contributed by atoms with Crippen molar-refractivity contribution >= 4 is 17.1 Å². The van der Waals surface area contributed by atoms with Crippen LogP contribution in [-0.2, 0) is 0 Å². The van der Waals surface area contributed by atoms with Gasteiger partial charge in [0.1, 0.15) is 0 Å². The van der Waals surface area contributed by atoms with E-state index in [0.717, 1.165) is 5.56 Å². The maximum atomic E-state index is 10.9. The van der Waals surface area contributed by atoms with Crippen molar-refractivity contribution in [3.63, 3.8) is 0 Å². The molecule has 0 aliphatic carbocycles. The fraction of sp³-hybridized carbons (Fsp3) is 0.444. The van der Waals surface area contributed by atoms with E-state index in [2.05, 4.69) is 13.8 Å². The van der Waals surface area contributed by atoms with Gasteiger partial charge >= 0.3 is 0 Å². The quantitative estimate of drug-likeness (QED) is 0.620. The molecule has 60 valence electrons. The summed E-state index contributed by atoms with van der Waals surface area (Å²) < 4.78 is 0. The summed E-state index contributed by atoms with van der Waals surface area (Å²) in [5, 5.41) is 1.93. The molecule has 1 heterocycles. The SMILES string of the molecule is CC(=O)c1csc(C(C)C)c1. The van der Waals surface area contributed by atoms with Crippen LogP contribution in [0.3, 0.4) is 0 Å². The Morgan fingerprint density at radius 1 is 1.55 bits per heavy atom. The Labute approximate surface area is 71.1 Å². The normalized spacial score (nSPS) is 10.5. The third-order valence-electron chi connectivity index (χ3n) is 1.60. The molecule has 1 aromatic heterocycles. The molecular weight excluding hydrogens is 156 g/mol. The van der Waals surface area contributed by atoms with Gasteiger partial charge in [-0.05, 0) is 18.9 Å². The molecule has 0 fully saturated rings. The van der Waals surface area contributed by atoms with Crippen molar-refractivity contribution in [3.05, 3.63) is 21.9 Å². The lowest BCUT2D eigenvalue weighted by Gasteiger charge is -1.96. The van der Waals surface area contributed by atoms with Crippen molar-refractivity contribution in [2.45, 2.75) is 26.7 Å². The van der Waals surface area contributed by atoms with Crippen molar-refractivity contribution in [3.8, 4) is 0 Å². The average Bonchev–Trinajstić information content (AvgIpc) is 2.33. The van der Waals surface area contributed by atoms with E-state index in [4.69, 9.17) is 0 Å². The highest BCUT2D eigenvalue weighted by Gasteiger charge is 2.05. The van der Waals surface area contributed by atoms with E-state index in [9.17, 15) is 4.79 Å². The van der Waals surface area contributed by atoms with Gasteiger partial charge in [-0.15, -0.1) is 11.3 Å². The second-order valence-corrected chi connectivity index (χ2v) is 3.89. The van der Waals surface area contributed by atoms with Crippen LogP contribution in [0.1, 0.15) is 41.9 Å². The number of carbonyl (C=O) groups is 1. The average molecular weight is 168 g/mol. The maximum Gasteiger partial charge on any atom is 0.160 e. The Balaban J connectivity index is 2.90. The van der Waals surface area contributed by atoms with Crippen LogP contribution in [0.5, 0.6) is 0 Å². The van der Waals surface area contributed by atoms with Gasteiger partial charge in [0.05, 0.1) is 0 Å². The molecule has 1 nitrogen and oxygen atoms in total. The minimum atomic E-state index is 0.160. The zero-order valence-electron chi connectivity index (χ0n) is 7.05. The molecule has 0 unspecified atom stereocenters. The molecular formula is C9H12OS. The summed E-state index contributed by atoms with van der Waals surface area (Å²) in [5.74, 6) is 0.696. The smallest absolute Gasteiger partial charge is 0.160 e. The highest BCUT2D eigenvalue weighted by molar-refractivity contribution is 7.10. The zero-order chi connectivity index (χ0) is 8.43. The second kappa shape index (κ2) is 3.18. The first kappa shape index (κ1) is 8.47. The van der Waals surface area contributed by atoms with Crippen LogP contribution in [0.2, 0.25) is 0 Å². The van der Waals surface area contributed by atoms with Crippen LogP contribution in [0.4, 0.5) is 0 Å². The van der Waals surface area contributed by atoms with E-state index in [1.807, 2.05) is 11.4 Å². The van der Waals surface area contributed by atoms with Crippen LogP contribution < -0.4 is 0 Å². The molecule has 0 amide bonds. The Hall–Kier alpha value is -0.630. The van der Waals surface area contributed by atoms with Crippen LogP contribution in [0.15, 0.2) is 11.4 Å². The first-order valence-electron chi connectivity index (χ1n) is 3.70. The van der Waals surface area contributed by atoms with E-state index >= 15 is 0 Å². The van der Waals surface area contributed by atoms with E-state index < -0.39 is 0 Å². The number of hydrogen-bond acceptors (Lipinski definition) is 2. The molecule has 0 aliphatic heterocycles. The van der Waals surface area contributed by atoms with Gasteiger partial charge in [-0.2, -0.15) is 0 Å². The minimum absolute atomic E-state index is 0.160. The van der Waals surface area contributed by atoms with Crippen molar-refractivity contribution in [1.82, 2.24) is 0 Å². The van der Waals surface area contributed by atoms with E-state index in [0.29, 0.717) is 5.92 Å². The predicted octanol–water partition coefficient (Wildman–Crippen LogP) is 3.07. The lowest BCUT2D eigenvalue weighted by Crippen LogP contribution is -1.87. The summed E-state index contributed by atoms with van der Waals surface area (Å²) in [5.41, 5.74) is 0.846. The van der Waals surface area contributed by atoms with E-state index in [1.165, 1.54) is 4.88 Å². The lowest BCUT2D eigenvalue weighted by molar-refractivity contribution is 0.101. The largest absolute Gasteiger partial charge is 0.294 e. The molecule has 0 atom stereocenters. The molecule has 11 heavy (non-hydrogen) atoms. The molecule has 1 aromatic rings. The standard InChI is InChI=1S/C9H12OS/c1-6(2)9-4-8(5-11-9)7(3)10/h4-6H,1-3H3. The molecule has 0 aromatic carbocycles. The van der Waals surface area contributed by atoms with Gasteiger partial charge in [-0.1, -0.05) is 13.8 Å². The summed E-state index contributed by atoms with van der Waals surface area (Å²) >= 11 is 1.67. The molecule has 0 saturated carbocycles. The molecule has 0 spiro atoms. The van der Waals surface area contributed by atoms with Gasteiger partial charge in [0.2, 0.25) is 0 Å². The highest BCUT2D eigenvalue weighted by atomic mass is 32.1. The first-order valence-corrected chi connectivity index (χ1v) is 4.58. The predicted molar refractivity (Wildman–Crippen MR) is 48.4 cm³/mol. The number of carbonyl (C=O) groups excluding carboxylic acids is 1. The van der Waals surface area contributed by atoms with Gasteiger partial charge in [-0.3, -0.25) is 4.79 Å². The van der Waals surface area contributed by atoms with Gasteiger partial charge in [-0.25, -0.2) is 0 Å². The molecule has 1 rings (SSSR count). The van der Waals surface area contributed by atoms with Crippen molar-refractivity contribution < 1.29 is 4.79 Å². The maximum absolute atomic E-state index is 10.9. The minimum Gasteiger partial charge on any atom is -0.294 e. The van der Waals surface area contributed by atoms with Crippen LogP contribution in [-0.4, -0.2) is 5.78 Å². The number of hydrogen-bond donors (Lipinski definition) is 0. The number of rotatable bonds is 2. The third kappa shape index (κ3) is 1.90. The van der Waals surface area contributed by atoms with Crippen LogP contribution >= 0.6 is 11.3 Å². The Morgan fingerprint density at radius 3 is 2.45 bits per heavy atom. The molecule has 0 saturated heterocycles. The number of ketones is 1. The zero-order valence-corrected chi connectivity index (χ0v) is 7.87. The van der Waals surface area contributed by atoms with Crippen molar-refractivity contribution in [1.29, 1.82) is 0 Å². The van der Waals surface area contributed by atoms with E-state index in [-0.39, 0.29) is 5.78 Å². The Morgan fingerprint density at radius 2 is 2.18 bits per heavy atom. The summed E-state index contributed by atoms with van der Waals surface area (Å²) in [6.07, 6.45) is 0. The van der Waals surface area contributed by atoms with Gasteiger partial charge < -0.3 is 0 Å². The van der Waals surface area contributed by atoms with Crippen LogP contribution in [0.25, 0.3) is 0 Å². The van der Waals surface area contributed by atoms with Crippen LogP contribution in [0, 0.1) is 0 Å². The Bertz CT molecular complexity index is 260. The first-order chi connectivity index (χ1) is 5.11. The summed E-state index contributed by atoms with van der Waals surface area (Å²) in [7, 11) is 0. The van der Waals surface area contributed by atoms with Gasteiger partial charge in [0.25, 0.3) is 0 Å². The lowest BCUT2D eigenvalue weighted by atomic mass is 10.1. The fourth-order valence-electron chi connectivity index (χ4n) is 0.840. The summed E-state index contributed by atoms with van der Waals surface area (Å²) in [6, 6.07) is 1.98. The number of Topliss-reactive ketones (excluding diaryl/α,β-unsaturated/α-hetero) is 1. The molecule has 0 bridgehead atoms. The number of thiophene rings is 1. The third-order valence-corrected chi connectivity index (χ3v) is 2.83. The van der Waals surface area contributed by atoms with E-state index in [1.54, 1.807) is 18.3 Å².